The molecule has 0 bridgehead atoms. The molecule has 0 saturated carbocycles. The quantitative estimate of drug-likeness (QED) is 0.757. The fraction of sp³-hybridized carbons (Fsp3) is 0.529. The second-order valence-corrected chi connectivity index (χ2v) is 5.73. The van der Waals surface area contributed by atoms with Gasteiger partial charge < -0.3 is 10.6 Å². The molecular formula is C17H28N2. The molecule has 0 saturated heterocycles. The maximum Gasteiger partial charge on any atom is 0.0432 e. The van der Waals surface area contributed by atoms with Gasteiger partial charge >= 0.3 is 0 Å². The zero-order chi connectivity index (χ0) is 14.4. The van der Waals surface area contributed by atoms with E-state index < -0.39 is 0 Å². The molecule has 19 heavy (non-hydrogen) atoms. The average molecular weight is 260 g/mol. The van der Waals surface area contributed by atoms with E-state index in [1.54, 1.807) is 0 Å². The fourth-order valence-electron chi connectivity index (χ4n) is 2.47. The van der Waals surface area contributed by atoms with Gasteiger partial charge in [0.15, 0.2) is 0 Å². The molecule has 0 amide bonds. The highest BCUT2D eigenvalue weighted by Crippen LogP contribution is 2.25. The normalized spacial score (nSPS) is 21.1. The van der Waals surface area contributed by atoms with Crippen molar-refractivity contribution in [2.75, 3.05) is 0 Å². The maximum atomic E-state index is 4.20. The molecule has 2 unspecified atom stereocenters. The van der Waals surface area contributed by atoms with Crippen molar-refractivity contribution >= 4 is 0 Å². The molecule has 1 aliphatic rings. The Labute approximate surface area is 118 Å². The van der Waals surface area contributed by atoms with Crippen molar-refractivity contribution in [2.45, 2.75) is 53.1 Å². The molecule has 2 nitrogen and oxygen atoms in total. The molecule has 0 aromatic rings. The highest BCUT2D eigenvalue weighted by atomic mass is 14.9. The summed E-state index contributed by atoms with van der Waals surface area (Å²) in [5, 5.41) is 6.90. The van der Waals surface area contributed by atoms with E-state index in [4.69, 9.17) is 0 Å². The van der Waals surface area contributed by atoms with Crippen LogP contribution in [0.3, 0.4) is 0 Å². The minimum absolute atomic E-state index is 0.289. The van der Waals surface area contributed by atoms with Crippen LogP contribution in [0.5, 0.6) is 0 Å². The van der Waals surface area contributed by atoms with Gasteiger partial charge in [-0.05, 0) is 47.1 Å². The lowest BCUT2D eigenvalue weighted by atomic mass is 9.90. The van der Waals surface area contributed by atoms with E-state index >= 15 is 0 Å². The van der Waals surface area contributed by atoms with Crippen molar-refractivity contribution in [3.8, 4) is 0 Å². The number of rotatable bonds is 6. The van der Waals surface area contributed by atoms with Gasteiger partial charge in [-0.25, -0.2) is 0 Å². The molecule has 0 aromatic heterocycles. The van der Waals surface area contributed by atoms with Gasteiger partial charge in [-0.3, -0.25) is 0 Å². The van der Waals surface area contributed by atoms with Crippen LogP contribution in [0.4, 0.5) is 0 Å². The molecule has 0 aliphatic heterocycles. The van der Waals surface area contributed by atoms with Crippen LogP contribution in [0.2, 0.25) is 0 Å². The predicted molar refractivity (Wildman–Crippen MR) is 84.8 cm³/mol. The summed E-state index contributed by atoms with van der Waals surface area (Å²) in [5.41, 5.74) is 3.70. The van der Waals surface area contributed by atoms with Gasteiger partial charge in [0.2, 0.25) is 0 Å². The largest absolute Gasteiger partial charge is 0.387 e. The molecule has 2 N–H and O–H groups in total. The van der Waals surface area contributed by atoms with Crippen molar-refractivity contribution in [1.82, 2.24) is 10.6 Å². The lowest BCUT2D eigenvalue weighted by Gasteiger charge is -2.25. The number of hydrogen-bond acceptors (Lipinski definition) is 2. The van der Waals surface area contributed by atoms with E-state index in [2.05, 4.69) is 76.1 Å². The first kappa shape index (κ1) is 15.6. The van der Waals surface area contributed by atoms with Gasteiger partial charge in [-0.2, -0.15) is 0 Å². The third kappa shape index (κ3) is 5.37. The summed E-state index contributed by atoms with van der Waals surface area (Å²) < 4.78 is 0. The molecule has 0 heterocycles. The lowest BCUT2D eigenvalue weighted by molar-refractivity contribution is 0.596. The van der Waals surface area contributed by atoms with E-state index in [1.807, 2.05) is 0 Å². The van der Waals surface area contributed by atoms with Crippen LogP contribution in [0.15, 0.2) is 47.9 Å². The van der Waals surface area contributed by atoms with Gasteiger partial charge in [0.05, 0.1) is 0 Å². The Morgan fingerprint density at radius 1 is 1.37 bits per heavy atom. The second kappa shape index (κ2) is 7.22. The molecule has 1 aliphatic carbocycles. The molecule has 2 atom stereocenters. The Balaban J connectivity index is 2.53. The smallest absolute Gasteiger partial charge is 0.0432 e. The van der Waals surface area contributed by atoms with Gasteiger partial charge in [-0.15, -0.1) is 0 Å². The molecule has 1 rings (SSSR count). The number of hydrogen-bond donors (Lipinski definition) is 2. The minimum atomic E-state index is 0.289. The van der Waals surface area contributed by atoms with Crippen LogP contribution in [0.25, 0.3) is 0 Å². The molecule has 0 aromatic carbocycles. The molecule has 106 valence electrons. The van der Waals surface area contributed by atoms with Crippen LogP contribution in [0.1, 0.15) is 41.0 Å². The van der Waals surface area contributed by atoms with Crippen molar-refractivity contribution in [1.29, 1.82) is 0 Å². The van der Waals surface area contributed by atoms with Crippen LogP contribution in [-0.2, 0) is 0 Å². The van der Waals surface area contributed by atoms with Gasteiger partial charge in [-0.1, -0.05) is 30.4 Å². The maximum absolute atomic E-state index is 4.20. The van der Waals surface area contributed by atoms with Crippen LogP contribution in [-0.4, -0.2) is 12.1 Å². The monoisotopic (exact) mass is 260 g/mol. The molecular weight excluding hydrogens is 232 g/mol. The Hall–Kier alpha value is -1.44. The third-order valence-corrected chi connectivity index (χ3v) is 3.27. The first-order valence-corrected chi connectivity index (χ1v) is 7.13. The van der Waals surface area contributed by atoms with Crippen molar-refractivity contribution in [3.05, 3.63) is 47.9 Å². The van der Waals surface area contributed by atoms with Crippen LogP contribution >= 0.6 is 0 Å². The number of allylic oxidation sites excluding steroid dienone is 5. The van der Waals surface area contributed by atoms with Crippen LogP contribution < -0.4 is 10.6 Å². The standard InChI is InChI=1S/C17H28N2/c1-12(2)18-14(4)11-15(5)19-16(6)17-10-8-7-9-13(17)3/h7-9,11-12,15,17-19H,6,10H2,1-5H3/b14-11-. The topological polar surface area (TPSA) is 24.1 Å². The second-order valence-electron chi connectivity index (χ2n) is 5.73. The summed E-state index contributed by atoms with van der Waals surface area (Å²) in [6.45, 7) is 14.9. The molecule has 0 fully saturated rings. The minimum Gasteiger partial charge on any atom is -0.387 e. The van der Waals surface area contributed by atoms with Crippen LogP contribution in [0, 0.1) is 5.92 Å². The lowest BCUT2D eigenvalue weighted by Crippen LogP contribution is -2.30. The van der Waals surface area contributed by atoms with E-state index in [9.17, 15) is 0 Å². The SMILES string of the molecule is C=C(NC(C)/C=C(/C)NC(C)C)C1CC=CC=C1C. The first-order valence-electron chi connectivity index (χ1n) is 7.13. The Bertz CT molecular complexity index is 399. The van der Waals surface area contributed by atoms with Crippen molar-refractivity contribution < 1.29 is 0 Å². The third-order valence-electron chi connectivity index (χ3n) is 3.27. The average Bonchev–Trinajstić information content (AvgIpc) is 2.27. The highest BCUT2D eigenvalue weighted by Gasteiger charge is 2.16. The fourth-order valence-corrected chi connectivity index (χ4v) is 2.47. The molecule has 0 radical (unpaired) electrons. The zero-order valence-electron chi connectivity index (χ0n) is 13.0. The highest BCUT2D eigenvalue weighted by molar-refractivity contribution is 5.26. The number of nitrogens with one attached hydrogen (secondary N) is 2. The summed E-state index contributed by atoms with van der Waals surface area (Å²) in [4.78, 5) is 0. The first-order chi connectivity index (χ1) is 8.90. The Morgan fingerprint density at radius 3 is 2.63 bits per heavy atom. The summed E-state index contributed by atoms with van der Waals surface area (Å²) in [6.07, 6.45) is 9.76. The van der Waals surface area contributed by atoms with Gasteiger partial charge in [0.25, 0.3) is 0 Å². The summed E-state index contributed by atoms with van der Waals surface area (Å²) in [7, 11) is 0. The van der Waals surface area contributed by atoms with E-state index in [0.29, 0.717) is 12.0 Å². The van der Waals surface area contributed by atoms with E-state index in [0.717, 1.165) is 12.1 Å². The molecule has 0 spiro atoms. The summed E-state index contributed by atoms with van der Waals surface area (Å²) in [5.74, 6) is 0.430. The zero-order valence-corrected chi connectivity index (χ0v) is 13.0. The van der Waals surface area contributed by atoms with Gasteiger partial charge in [0.1, 0.15) is 0 Å². The molecule has 2 heteroatoms. The predicted octanol–water partition coefficient (Wildman–Crippen LogP) is 3.90. The summed E-state index contributed by atoms with van der Waals surface area (Å²) >= 11 is 0. The van der Waals surface area contributed by atoms with Crippen molar-refractivity contribution in [2.24, 2.45) is 5.92 Å². The van der Waals surface area contributed by atoms with E-state index in [-0.39, 0.29) is 6.04 Å². The van der Waals surface area contributed by atoms with Gasteiger partial charge in [0, 0.05) is 29.4 Å². The Morgan fingerprint density at radius 2 is 2.05 bits per heavy atom. The summed E-state index contributed by atoms with van der Waals surface area (Å²) in [6, 6.07) is 0.762. The van der Waals surface area contributed by atoms with Crippen molar-refractivity contribution in [3.63, 3.8) is 0 Å². The van der Waals surface area contributed by atoms with E-state index in [1.165, 1.54) is 11.3 Å². The Kier molecular flexibility index (Phi) is 5.94.